The van der Waals surface area contributed by atoms with Gasteiger partial charge in [0.1, 0.15) is 12.1 Å². The van der Waals surface area contributed by atoms with Crippen molar-refractivity contribution in [2.24, 2.45) is 11.5 Å². The van der Waals surface area contributed by atoms with E-state index in [9.17, 15) is 9.59 Å². The number of benzene rings is 2. The number of halogens is 2. The van der Waals surface area contributed by atoms with E-state index >= 15 is 0 Å². The maximum absolute atomic E-state index is 10.4. The van der Waals surface area contributed by atoms with Crippen LogP contribution in [-0.2, 0) is 22.4 Å². The van der Waals surface area contributed by atoms with E-state index in [4.69, 9.17) is 33.1 Å². The van der Waals surface area contributed by atoms with Gasteiger partial charge in [-0.1, -0.05) is 24.3 Å². The molecule has 164 valence electrons. The van der Waals surface area contributed by atoms with Crippen LogP contribution in [0.15, 0.2) is 48.5 Å². The van der Waals surface area contributed by atoms with Crippen molar-refractivity contribution < 1.29 is 25.3 Å². The van der Waals surface area contributed by atoms with E-state index in [1.54, 1.807) is 48.5 Å². The fourth-order valence-corrected chi connectivity index (χ4v) is 1.99. The molecule has 0 unspecified atom stereocenters. The van der Waals surface area contributed by atoms with Gasteiger partial charge in [0, 0.05) is 11.4 Å². The molecule has 9 nitrogen and oxygen atoms in total. The zero-order chi connectivity index (χ0) is 19.7. The summed E-state index contributed by atoms with van der Waals surface area (Å²) in [6.07, 6.45) is 0.658. The molecule has 0 aromatic heterocycles. The Morgan fingerprint density at radius 1 is 0.690 bits per heavy atom. The van der Waals surface area contributed by atoms with Crippen LogP contribution < -0.4 is 22.9 Å². The lowest BCUT2D eigenvalue weighted by molar-refractivity contribution is -0.139. The minimum absolute atomic E-state index is 0. The maximum Gasteiger partial charge on any atom is 0.320 e. The number of anilines is 2. The predicted octanol–water partition coefficient (Wildman–Crippen LogP) is 0.465. The second-order valence-corrected chi connectivity index (χ2v) is 5.78. The Kier molecular flexibility index (Phi) is 16.5. The van der Waals surface area contributed by atoms with Gasteiger partial charge in [-0.15, -0.1) is 24.8 Å². The topological polar surface area (TPSA) is 210 Å². The number of nitrogens with two attached hydrogens (primary N) is 4. The normalized spacial score (nSPS) is 11.1. The molecule has 2 aromatic carbocycles. The zero-order valence-corrected chi connectivity index (χ0v) is 17.2. The van der Waals surface area contributed by atoms with Gasteiger partial charge in [-0.3, -0.25) is 9.59 Å². The van der Waals surface area contributed by atoms with Crippen LogP contribution in [0, 0.1) is 0 Å². The molecule has 0 fully saturated rings. The molecule has 12 N–H and O–H groups in total. The molecule has 2 atom stereocenters. The predicted molar refractivity (Wildman–Crippen MR) is 118 cm³/mol. The van der Waals surface area contributed by atoms with Crippen LogP contribution in [0.2, 0.25) is 0 Å². The van der Waals surface area contributed by atoms with Crippen LogP contribution in [0.5, 0.6) is 0 Å². The third-order valence-electron chi connectivity index (χ3n) is 3.51. The molecule has 29 heavy (non-hydrogen) atoms. The quantitative estimate of drug-likeness (QED) is 0.339. The molecule has 0 heterocycles. The Bertz CT molecular complexity index is 667. The molecule has 0 saturated carbocycles. The summed E-state index contributed by atoms with van der Waals surface area (Å²) in [7, 11) is 0. The number of hydrogen-bond acceptors (Lipinski definition) is 6. The van der Waals surface area contributed by atoms with Crippen molar-refractivity contribution in [1.29, 1.82) is 0 Å². The zero-order valence-electron chi connectivity index (χ0n) is 15.5. The average Bonchev–Trinajstić information content (AvgIpc) is 2.59. The van der Waals surface area contributed by atoms with E-state index < -0.39 is 24.0 Å². The largest absolute Gasteiger partial charge is 0.480 e. The first-order valence-electron chi connectivity index (χ1n) is 7.84. The highest BCUT2D eigenvalue weighted by atomic mass is 35.5. The highest BCUT2D eigenvalue weighted by Crippen LogP contribution is 2.08. The minimum Gasteiger partial charge on any atom is -0.480 e. The summed E-state index contributed by atoms with van der Waals surface area (Å²) in [4.78, 5) is 20.8. The van der Waals surface area contributed by atoms with Crippen molar-refractivity contribution in [3.63, 3.8) is 0 Å². The van der Waals surface area contributed by atoms with Crippen LogP contribution in [-0.4, -0.2) is 39.7 Å². The molecule has 0 aliphatic carbocycles. The highest BCUT2D eigenvalue weighted by molar-refractivity contribution is 5.85. The van der Waals surface area contributed by atoms with Crippen LogP contribution in [0.3, 0.4) is 0 Å². The number of rotatable bonds is 6. The molecule has 2 rings (SSSR count). The third-order valence-corrected chi connectivity index (χ3v) is 3.51. The number of carbonyl (C=O) groups is 2. The smallest absolute Gasteiger partial charge is 0.320 e. The van der Waals surface area contributed by atoms with Crippen molar-refractivity contribution in [3.8, 4) is 0 Å². The molecule has 0 radical (unpaired) electrons. The average molecular weight is 451 g/mol. The van der Waals surface area contributed by atoms with E-state index in [-0.39, 0.29) is 30.3 Å². The number of nitrogen functional groups attached to an aromatic ring is 2. The minimum atomic E-state index is -0.989. The van der Waals surface area contributed by atoms with Gasteiger partial charge in [-0.25, -0.2) is 0 Å². The van der Waals surface area contributed by atoms with E-state index in [0.29, 0.717) is 24.2 Å². The van der Waals surface area contributed by atoms with E-state index in [0.717, 1.165) is 11.1 Å². The summed E-state index contributed by atoms with van der Waals surface area (Å²) in [6.45, 7) is 0. The first-order valence-corrected chi connectivity index (χ1v) is 7.84. The van der Waals surface area contributed by atoms with Gasteiger partial charge in [0.25, 0.3) is 0 Å². The Balaban J connectivity index is -0.000000422. The summed E-state index contributed by atoms with van der Waals surface area (Å²) in [5, 5.41) is 17.1. The van der Waals surface area contributed by atoms with Crippen molar-refractivity contribution in [1.82, 2.24) is 0 Å². The Labute approximate surface area is 181 Å². The Morgan fingerprint density at radius 2 is 0.931 bits per heavy atom. The van der Waals surface area contributed by atoms with E-state index in [2.05, 4.69) is 0 Å². The fraction of sp³-hybridized carbons (Fsp3) is 0.222. The van der Waals surface area contributed by atoms with E-state index in [1.165, 1.54) is 0 Å². The number of carboxylic acids is 2. The molecule has 0 amide bonds. The van der Waals surface area contributed by atoms with Gasteiger partial charge in [0.05, 0.1) is 0 Å². The SMILES string of the molecule is Cl.Cl.Nc1ccc(C[C@H](N)C(=O)O)cc1.Nc1ccc(C[C@H](N)C(=O)O)cc1.O. The highest BCUT2D eigenvalue weighted by Gasteiger charge is 2.12. The van der Waals surface area contributed by atoms with Gasteiger partial charge in [0.2, 0.25) is 0 Å². The van der Waals surface area contributed by atoms with Crippen LogP contribution >= 0.6 is 24.8 Å². The van der Waals surface area contributed by atoms with Gasteiger partial charge in [-0.2, -0.15) is 0 Å². The lowest BCUT2D eigenvalue weighted by atomic mass is 10.1. The first-order chi connectivity index (χ1) is 12.2. The second kappa shape index (κ2) is 15.4. The molecule has 0 spiro atoms. The Hall–Kier alpha value is -2.56. The van der Waals surface area contributed by atoms with Gasteiger partial charge in [-0.05, 0) is 48.2 Å². The van der Waals surface area contributed by atoms with Crippen LogP contribution in [0.4, 0.5) is 11.4 Å². The van der Waals surface area contributed by atoms with Gasteiger partial charge < -0.3 is 38.6 Å². The van der Waals surface area contributed by atoms with Gasteiger partial charge in [0.15, 0.2) is 0 Å². The van der Waals surface area contributed by atoms with Crippen molar-refractivity contribution in [2.45, 2.75) is 24.9 Å². The molecular formula is C18H28Cl2N4O5. The number of carboxylic acid groups (broad SMARTS) is 2. The number of aliphatic carboxylic acids is 2. The van der Waals surface area contributed by atoms with E-state index in [1.807, 2.05) is 0 Å². The lowest BCUT2D eigenvalue weighted by Gasteiger charge is -2.05. The number of hydrogen-bond donors (Lipinski definition) is 6. The van der Waals surface area contributed by atoms with Crippen LogP contribution in [0.25, 0.3) is 0 Å². The summed E-state index contributed by atoms with van der Waals surface area (Å²) in [5.74, 6) is -1.98. The molecule has 0 aliphatic heterocycles. The summed E-state index contributed by atoms with van der Waals surface area (Å²) in [5.41, 5.74) is 24.7. The van der Waals surface area contributed by atoms with Crippen molar-refractivity contribution in [3.05, 3.63) is 59.7 Å². The summed E-state index contributed by atoms with van der Waals surface area (Å²) in [6, 6.07) is 12.3. The summed E-state index contributed by atoms with van der Waals surface area (Å²) >= 11 is 0. The van der Waals surface area contributed by atoms with Crippen LogP contribution in [0.1, 0.15) is 11.1 Å². The Morgan fingerprint density at radius 3 is 1.14 bits per heavy atom. The van der Waals surface area contributed by atoms with Crippen molar-refractivity contribution >= 4 is 48.1 Å². The van der Waals surface area contributed by atoms with Crippen molar-refractivity contribution in [2.75, 3.05) is 11.5 Å². The molecular weight excluding hydrogens is 423 g/mol. The molecule has 2 aromatic rings. The third kappa shape index (κ3) is 12.5. The fourth-order valence-electron chi connectivity index (χ4n) is 1.99. The molecule has 0 bridgehead atoms. The monoisotopic (exact) mass is 450 g/mol. The standard InChI is InChI=1S/2C9H12N2O2.2ClH.H2O/c2*10-7-3-1-6(2-4-7)5-8(11)9(12)13;;;/h2*1-4,8H,5,10-11H2,(H,12,13);2*1H;1H2/t2*8-;;;/m00.../s1. The molecule has 0 saturated heterocycles. The first kappa shape index (κ1) is 31.1. The maximum atomic E-state index is 10.4. The second-order valence-electron chi connectivity index (χ2n) is 5.78. The lowest BCUT2D eigenvalue weighted by Crippen LogP contribution is -2.32. The van der Waals surface area contributed by atoms with Gasteiger partial charge >= 0.3 is 11.9 Å². The molecule has 0 aliphatic rings. The summed E-state index contributed by atoms with van der Waals surface area (Å²) < 4.78 is 0. The molecule has 11 heteroatoms.